The number of hydrogen-bond donors (Lipinski definition) is 7. The monoisotopic (exact) mass is 334 g/mol. The Morgan fingerprint density at radius 1 is 0.708 bits per heavy atom. The Morgan fingerprint density at radius 3 is 2.00 bits per heavy atom. The minimum absolute atomic E-state index is 0.325. The van der Waals surface area contributed by atoms with Gasteiger partial charge in [-0.05, 0) is 12.1 Å². The van der Waals surface area contributed by atoms with E-state index in [9.17, 15) is 40.5 Å². The SMILES string of the molecule is O=c1c(O)c(-c2ccc(O)c(O)c2O)oc2cc(O)c(O)c(O)c12. The van der Waals surface area contributed by atoms with Crippen LogP contribution >= 0.6 is 0 Å². The Bertz CT molecular complexity index is 1050. The molecule has 0 atom stereocenters. The van der Waals surface area contributed by atoms with Gasteiger partial charge in [-0.1, -0.05) is 0 Å². The molecule has 0 amide bonds. The van der Waals surface area contributed by atoms with E-state index in [1.807, 2.05) is 0 Å². The lowest BCUT2D eigenvalue weighted by Gasteiger charge is -2.11. The number of benzene rings is 2. The lowest BCUT2D eigenvalue weighted by molar-refractivity contribution is 0.366. The second kappa shape index (κ2) is 4.88. The van der Waals surface area contributed by atoms with Gasteiger partial charge in [0.05, 0.1) is 5.56 Å². The minimum Gasteiger partial charge on any atom is -0.504 e. The largest absolute Gasteiger partial charge is 0.504 e. The van der Waals surface area contributed by atoms with Crippen molar-refractivity contribution < 1.29 is 40.2 Å². The molecule has 0 aliphatic heterocycles. The van der Waals surface area contributed by atoms with Gasteiger partial charge in [0.1, 0.15) is 11.0 Å². The highest BCUT2D eigenvalue weighted by Gasteiger charge is 2.24. The maximum absolute atomic E-state index is 12.2. The van der Waals surface area contributed by atoms with Crippen LogP contribution in [0.15, 0.2) is 27.4 Å². The summed E-state index contributed by atoms with van der Waals surface area (Å²) < 4.78 is 5.22. The third-order valence-corrected chi connectivity index (χ3v) is 3.46. The molecule has 0 unspecified atom stereocenters. The standard InChI is InChI=1S/C15H10O9/c16-5-2-1-4(9(18)10(5)19)15-14(23)13(22)8-7(24-15)3-6(17)11(20)12(8)21/h1-3,16-21,23H. The fourth-order valence-electron chi connectivity index (χ4n) is 2.24. The van der Waals surface area contributed by atoms with Crippen molar-refractivity contribution in [2.75, 3.05) is 0 Å². The average Bonchev–Trinajstić information content (AvgIpc) is 2.54. The van der Waals surface area contributed by atoms with Crippen LogP contribution < -0.4 is 5.43 Å². The summed E-state index contributed by atoms with van der Waals surface area (Å²) in [6, 6.07) is 2.88. The zero-order chi connectivity index (χ0) is 17.8. The number of rotatable bonds is 1. The van der Waals surface area contributed by atoms with E-state index in [4.69, 9.17) is 4.42 Å². The molecule has 1 heterocycles. The first kappa shape index (κ1) is 15.2. The smallest absolute Gasteiger partial charge is 0.238 e. The maximum atomic E-state index is 12.2. The molecule has 0 saturated heterocycles. The maximum Gasteiger partial charge on any atom is 0.238 e. The molecule has 9 nitrogen and oxygen atoms in total. The molecule has 0 aliphatic rings. The Balaban J connectivity index is 2.44. The molecule has 24 heavy (non-hydrogen) atoms. The molecule has 3 aromatic rings. The Labute approximate surface area is 132 Å². The Kier molecular flexibility index (Phi) is 3.08. The number of aromatic hydroxyl groups is 7. The van der Waals surface area contributed by atoms with E-state index < -0.39 is 62.4 Å². The summed E-state index contributed by atoms with van der Waals surface area (Å²) in [7, 11) is 0. The first-order valence-corrected chi connectivity index (χ1v) is 6.42. The summed E-state index contributed by atoms with van der Waals surface area (Å²) in [6.45, 7) is 0. The molecular weight excluding hydrogens is 324 g/mol. The van der Waals surface area contributed by atoms with E-state index in [-0.39, 0.29) is 5.56 Å². The quantitative estimate of drug-likeness (QED) is 0.325. The van der Waals surface area contributed by atoms with Crippen LogP contribution in [0.5, 0.6) is 40.2 Å². The summed E-state index contributed by atoms with van der Waals surface area (Å²) in [5.41, 5.74) is -1.87. The van der Waals surface area contributed by atoms with Gasteiger partial charge in [0.2, 0.25) is 22.7 Å². The van der Waals surface area contributed by atoms with E-state index >= 15 is 0 Å². The predicted molar refractivity (Wildman–Crippen MR) is 79.6 cm³/mol. The summed E-state index contributed by atoms with van der Waals surface area (Å²) in [5.74, 6) is -6.73. The molecule has 7 N–H and O–H groups in total. The fourth-order valence-corrected chi connectivity index (χ4v) is 2.24. The van der Waals surface area contributed by atoms with Crippen LogP contribution in [0.2, 0.25) is 0 Å². The lowest BCUT2D eigenvalue weighted by Crippen LogP contribution is -2.03. The third-order valence-electron chi connectivity index (χ3n) is 3.46. The van der Waals surface area contributed by atoms with Crippen molar-refractivity contribution in [3.05, 3.63) is 28.4 Å². The number of hydrogen-bond acceptors (Lipinski definition) is 9. The summed E-state index contributed by atoms with van der Waals surface area (Å²) in [6.07, 6.45) is 0. The average molecular weight is 334 g/mol. The Morgan fingerprint density at radius 2 is 1.33 bits per heavy atom. The van der Waals surface area contributed by atoms with Crippen LogP contribution in [0.1, 0.15) is 0 Å². The van der Waals surface area contributed by atoms with Gasteiger partial charge >= 0.3 is 0 Å². The van der Waals surface area contributed by atoms with E-state index in [1.165, 1.54) is 0 Å². The second-order valence-corrected chi connectivity index (χ2v) is 4.90. The van der Waals surface area contributed by atoms with Crippen LogP contribution in [0.4, 0.5) is 0 Å². The molecule has 124 valence electrons. The van der Waals surface area contributed by atoms with E-state index in [1.54, 1.807) is 0 Å². The second-order valence-electron chi connectivity index (χ2n) is 4.90. The van der Waals surface area contributed by atoms with Crippen LogP contribution in [-0.4, -0.2) is 35.7 Å². The Hall–Kier alpha value is -3.75. The van der Waals surface area contributed by atoms with Crippen LogP contribution in [0.25, 0.3) is 22.3 Å². The zero-order valence-electron chi connectivity index (χ0n) is 11.7. The van der Waals surface area contributed by atoms with Crippen molar-refractivity contribution in [2.45, 2.75) is 0 Å². The molecule has 0 fully saturated rings. The molecule has 0 bridgehead atoms. The van der Waals surface area contributed by atoms with Crippen LogP contribution in [-0.2, 0) is 0 Å². The molecule has 0 aliphatic carbocycles. The molecule has 0 spiro atoms. The zero-order valence-corrected chi connectivity index (χ0v) is 11.7. The van der Waals surface area contributed by atoms with Crippen LogP contribution in [0.3, 0.4) is 0 Å². The molecule has 0 saturated carbocycles. The minimum atomic E-state index is -1.15. The topological polar surface area (TPSA) is 172 Å². The highest BCUT2D eigenvalue weighted by atomic mass is 16.4. The van der Waals surface area contributed by atoms with Gasteiger partial charge in [-0.25, -0.2) is 0 Å². The summed E-state index contributed by atoms with van der Waals surface area (Å²) in [4.78, 5) is 12.2. The highest BCUT2D eigenvalue weighted by molar-refractivity contribution is 5.91. The van der Waals surface area contributed by atoms with Crippen LogP contribution in [0, 0.1) is 0 Å². The highest BCUT2D eigenvalue weighted by Crippen LogP contribution is 2.46. The van der Waals surface area contributed by atoms with Gasteiger partial charge < -0.3 is 40.2 Å². The molecular formula is C15H10O9. The van der Waals surface area contributed by atoms with Gasteiger partial charge in [-0.3, -0.25) is 4.79 Å². The summed E-state index contributed by atoms with van der Waals surface area (Å²) in [5, 5.41) is 66.8. The normalized spacial score (nSPS) is 11.0. The first-order chi connectivity index (χ1) is 11.2. The number of phenols is 6. The molecule has 0 radical (unpaired) electrons. The van der Waals surface area contributed by atoms with Crippen molar-refractivity contribution in [1.29, 1.82) is 0 Å². The van der Waals surface area contributed by atoms with Gasteiger partial charge in [0.25, 0.3) is 0 Å². The van der Waals surface area contributed by atoms with Gasteiger partial charge in [-0.2, -0.15) is 0 Å². The molecule has 3 rings (SSSR count). The van der Waals surface area contributed by atoms with Crippen molar-refractivity contribution >= 4 is 11.0 Å². The van der Waals surface area contributed by atoms with Crippen molar-refractivity contribution in [2.24, 2.45) is 0 Å². The molecule has 9 heteroatoms. The fraction of sp³-hybridized carbons (Fsp3) is 0. The van der Waals surface area contributed by atoms with E-state index in [0.29, 0.717) is 0 Å². The number of phenolic OH excluding ortho intramolecular Hbond substituents is 6. The van der Waals surface area contributed by atoms with Crippen molar-refractivity contribution in [1.82, 2.24) is 0 Å². The van der Waals surface area contributed by atoms with Crippen molar-refractivity contribution in [3.63, 3.8) is 0 Å². The van der Waals surface area contributed by atoms with Gasteiger partial charge in [0.15, 0.2) is 28.8 Å². The summed E-state index contributed by atoms with van der Waals surface area (Å²) >= 11 is 0. The first-order valence-electron chi connectivity index (χ1n) is 6.42. The predicted octanol–water partition coefficient (Wildman–Crippen LogP) is 1.40. The van der Waals surface area contributed by atoms with Crippen molar-refractivity contribution in [3.8, 4) is 51.6 Å². The van der Waals surface area contributed by atoms with Gasteiger partial charge in [0, 0.05) is 6.07 Å². The van der Waals surface area contributed by atoms with E-state index in [0.717, 1.165) is 18.2 Å². The molecule has 1 aromatic heterocycles. The van der Waals surface area contributed by atoms with E-state index in [2.05, 4.69) is 0 Å². The molecule has 2 aromatic carbocycles. The lowest BCUT2D eigenvalue weighted by atomic mass is 10.1. The van der Waals surface area contributed by atoms with Gasteiger partial charge in [-0.15, -0.1) is 0 Å². The number of fused-ring (bicyclic) bond motifs is 1. The third kappa shape index (κ3) is 1.92.